The Balaban J connectivity index is 2.05. The van der Waals surface area contributed by atoms with E-state index in [-0.39, 0.29) is 22.7 Å². The highest BCUT2D eigenvalue weighted by Crippen LogP contribution is 2.49. The van der Waals surface area contributed by atoms with Gasteiger partial charge in [-0.05, 0) is 54.2 Å². The zero-order chi connectivity index (χ0) is 23.4. The Morgan fingerprint density at radius 3 is 2.50 bits per heavy atom. The summed E-state index contributed by atoms with van der Waals surface area (Å²) in [7, 11) is 0. The SMILES string of the molecule is CC(=O)N1c2cc(C(=O)O)ccc2NC2=C(C(=O)CC(C)(C)C2)C1c1ccc(C)cc1Cl. The van der Waals surface area contributed by atoms with E-state index in [1.54, 1.807) is 12.1 Å². The fourth-order valence-electron chi connectivity index (χ4n) is 4.66. The fraction of sp³-hybridized carbons (Fsp3) is 0.320. The molecule has 0 aromatic heterocycles. The summed E-state index contributed by atoms with van der Waals surface area (Å²) in [5.41, 5.74) is 3.60. The van der Waals surface area contributed by atoms with Crippen molar-refractivity contribution in [2.24, 2.45) is 5.41 Å². The van der Waals surface area contributed by atoms with Crippen molar-refractivity contribution in [1.29, 1.82) is 0 Å². The number of carboxylic acid groups (broad SMARTS) is 1. The van der Waals surface area contributed by atoms with Gasteiger partial charge in [0.05, 0.1) is 23.0 Å². The molecule has 32 heavy (non-hydrogen) atoms. The molecule has 0 radical (unpaired) electrons. The largest absolute Gasteiger partial charge is 0.478 e. The number of ketones is 1. The summed E-state index contributed by atoms with van der Waals surface area (Å²) in [4.78, 5) is 39.7. The lowest BCUT2D eigenvalue weighted by molar-refractivity contribution is -0.118. The summed E-state index contributed by atoms with van der Waals surface area (Å²) in [5, 5.41) is 13.4. The first-order valence-corrected chi connectivity index (χ1v) is 10.8. The Bertz CT molecular complexity index is 1200. The molecule has 0 saturated carbocycles. The lowest BCUT2D eigenvalue weighted by Gasteiger charge is -2.37. The number of carboxylic acids is 1. The van der Waals surface area contributed by atoms with Crippen LogP contribution in [0.15, 0.2) is 47.7 Å². The smallest absolute Gasteiger partial charge is 0.335 e. The lowest BCUT2D eigenvalue weighted by atomic mass is 9.73. The number of hydrogen-bond acceptors (Lipinski definition) is 4. The summed E-state index contributed by atoms with van der Waals surface area (Å²) < 4.78 is 0. The van der Waals surface area contributed by atoms with Gasteiger partial charge in [-0.15, -0.1) is 0 Å². The number of aryl methyl sites for hydroxylation is 1. The average molecular weight is 453 g/mol. The molecule has 166 valence electrons. The van der Waals surface area contributed by atoms with E-state index in [2.05, 4.69) is 5.32 Å². The third-order valence-electron chi connectivity index (χ3n) is 6.03. The molecule has 1 atom stereocenters. The molecule has 0 fully saturated rings. The number of nitrogens with one attached hydrogen (secondary N) is 1. The molecule has 6 nitrogen and oxygen atoms in total. The van der Waals surface area contributed by atoms with E-state index in [0.717, 1.165) is 11.3 Å². The van der Waals surface area contributed by atoms with Gasteiger partial charge in [0.25, 0.3) is 0 Å². The van der Waals surface area contributed by atoms with Gasteiger partial charge in [-0.1, -0.05) is 37.6 Å². The van der Waals surface area contributed by atoms with E-state index in [1.807, 2.05) is 32.9 Å². The van der Waals surface area contributed by atoms with Crippen LogP contribution in [0, 0.1) is 12.3 Å². The number of Topliss-reactive ketones (excluding diaryl/α,β-unsaturated/α-hetero) is 1. The van der Waals surface area contributed by atoms with Crippen molar-refractivity contribution in [3.63, 3.8) is 0 Å². The van der Waals surface area contributed by atoms with Crippen LogP contribution < -0.4 is 10.2 Å². The highest BCUT2D eigenvalue weighted by Gasteiger charge is 2.43. The monoisotopic (exact) mass is 452 g/mol. The van der Waals surface area contributed by atoms with E-state index in [1.165, 1.54) is 24.0 Å². The predicted molar refractivity (Wildman–Crippen MR) is 124 cm³/mol. The number of fused-ring (bicyclic) bond motifs is 1. The number of carbonyl (C=O) groups is 3. The molecule has 2 aliphatic rings. The molecule has 2 aromatic carbocycles. The van der Waals surface area contributed by atoms with E-state index < -0.39 is 12.0 Å². The minimum atomic E-state index is -1.10. The zero-order valence-corrected chi connectivity index (χ0v) is 19.2. The number of carbonyl (C=O) groups excluding carboxylic acids is 2. The Morgan fingerprint density at radius 1 is 1.16 bits per heavy atom. The van der Waals surface area contributed by atoms with Crippen molar-refractivity contribution in [2.45, 2.75) is 46.6 Å². The highest BCUT2D eigenvalue weighted by atomic mass is 35.5. The van der Waals surface area contributed by atoms with E-state index >= 15 is 0 Å². The number of amides is 1. The maximum atomic E-state index is 13.5. The number of benzene rings is 2. The molecular weight excluding hydrogens is 428 g/mol. The molecule has 1 unspecified atom stereocenters. The number of rotatable bonds is 2. The van der Waals surface area contributed by atoms with Crippen LogP contribution in [0.3, 0.4) is 0 Å². The molecule has 7 heteroatoms. The van der Waals surface area contributed by atoms with Gasteiger partial charge in [0.15, 0.2) is 5.78 Å². The first-order valence-electron chi connectivity index (χ1n) is 10.4. The number of nitrogens with zero attached hydrogens (tertiary/aromatic N) is 1. The predicted octanol–water partition coefficient (Wildman–Crippen LogP) is 5.51. The van der Waals surface area contributed by atoms with Gasteiger partial charge in [-0.25, -0.2) is 4.79 Å². The van der Waals surface area contributed by atoms with Crippen LogP contribution in [0.25, 0.3) is 0 Å². The number of anilines is 2. The molecule has 0 saturated heterocycles. The quantitative estimate of drug-likeness (QED) is 0.627. The van der Waals surface area contributed by atoms with Crippen LogP contribution in [0.4, 0.5) is 11.4 Å². The van der Waals surface area contributed by atoms with Crippen LogP contribution in [0.2, 0.25) is 5.02 Å². The van der Waals surface area contributed by atoms with Gasteiger partial charge >= 0.3 is 5.97 Å². The second-order valence-corrected chi connectivity index (χ2v) is 9.72. The zero-order valence-electron chi connectivity index (χ0n) is 18.5. The Kier molecular flexibility index (Phi) is 5.37. The molecule has 0 spiro atoms. The molecular formula is C25H25ClN2O4. The second kappa shape index (κ2) is 7.78. The van der Waals surface area contributed by atoms with Crippen LogP contribution in [-0.2, 0) is 9.59 Å². The summed E-state index contributed by atoms with van der Waals surface area (Å²) in [6, 6.07) is 9.37. The minimum absolute atomic E-state index is 0.0529. The number of hydrogen-bond donors (Lipinski definition) is 2. The van der Waals surface area contributed by atoms with Gasteiger partial charge in [-0.3, -0.25) is 14.5 Å². The summed E-state index contributed by atoms with van der Waals surface area (Å²) in [6.07, 6.45) is 0.954. The van der Waals surface area contributed by atoms with Crippen molar-refractivity contribution < 1.29 is 19.5 Å². The lowest BCUT2D eigenvalue weighted by Crippen LogP contribution is -2.38. The Hall–Kier alpha value is -3.12. The normalized spacial score (nSPS) is 19.6. The Labute approximate surface area is 191 Å². The molecule has 2 aromatic rings. The van der Waals surface area contributed by atoms with Gasteiger partial charge in [0.1, 0.15) is 0 Å². The topological polar surface area (TPSA) is 86.7 Å². The first kappa shape index (κ1) is 22.1. The van der Waals surface area contributed by atoms with E-state index in [9.17, 15) is 19.5 Å². The average Bonchev–Trinajstić information content (AvgIpc) is 2.80. The molecule has 0 bridgehead atoms. The third kappa shape index (κ3) is 3.79. The van der Waals surface area contributed by atoms with Crippen molar-refractivity contribution in [3.8, 4) is 0 Å². The number of aromatic carboxylic acids is 1. The van der Waals surface area contributed by atoms with Crippen LogP contribution in [0.1, 0.15) is 61.1 Å². The molecule has 1 aliphatic heterocycles. The minimum Gasteiger partial charge on any atom is -0.478 e. The third-order valence-corrected chi connectivity index (χ3v) is 6.36. The van der Waals surface area contributed by atoms with E-state index in [0.29, 0.717) is 40.4 Å². The van der Waals surface area contributed by atoms with Gasteiger partial charge in [0, 0.05) is 29.6 Å². The highest BCUT2D eigenvalue weighted by molar-refractivity contribution is 6.31. The van der Waals surface area contributed by atoms with Gasteiger partial charge < -0.3 is 10.4 Å². The molecule has 1 heterocycles. The standard InChI is InChI=1S/C25H25ClN2O4/c1-13-5-7-16(17(26)9-13)23-22-19(11-25(3,4)12-21(22)30)27-18-8-6-15(24(31)32)10-20(18)28(23)14(2)29/h5-10,23,27H,11-12H2,1-4H3,(H,31,32). The molecule has 1 amide bonds. The van der Waals surface area contributed by atoms with Crippen LogP contribution in [0.5, 0.6) is 0 Å². The van der Waals surface area contributed by atoms with Crippen molar-refractivity contribution in [3.05, 3.63) is 69.4 Å². The van der Waals surface area contributed by atoms with Crippen molar-refractivity contribution in [2.75, 3.05) is 10.2 Å². The summed E-state index contributed by atoms with van der Waals surface area (Å²) >= 11 is 6.64. The van der Waals surface area contributed by atoms with Gasteiger partial charge in [-0.2, -0.15) is 0 Å². The Morgan fingerprint density at radius 2 is 1.88 bits per heavy atom. The first-order chi connectivity index (χ1) is 15.0. The van der Waals surface area contributed by atoms with Crippen molar-refractivity contribution in [1.82, 2.24) is 0 Å². The maximum absolute atomic E-state index is 13.5. The number of allylic oxidation sites excluding steroid dienone is 1. The second-order valence-electron chi connectivity index (χ2n) is 9.31. The van der Waals surface area contributed by atoms with Crippen molar-refractivity contribution >= 4 is 40.6 Å². The van der Waals surface area contributed by atoms with Gasteiger partial charge in [0.2, 0.25) is 5.91 Å². The summed E-state index contributed by atoms with van der Waals surface area (Å²) in [6.45, 7) is 7.40. The van der Waals surface area contributed by atoms with E-state index in [4.69, 9.17) is 11.6 Å². The van der Waals surface area contributed by atoms with Crippen LogP contribution in [-0.4, -0.2) is 22.8 Å². The number of halogens is 1. The maximum Gasteiger partial charge on any atom is 0.335 e. The molecule has 4 rings (SSSR count). The molecule has 1 aliphatic carbocycles. The summed E-state index contributed by atoms with van der Waals surface area (Å²) in [5.74, 6) is -1.47. The fourth-order valence-corrected chi connectivity index (χ4v) is 5.00. The van der Waals surface area contributed by atoms with Crippen LogP contribution >= 0.6 is 11.6 Å². The molecule has 2 N–H and O–H groups in total.